The summed E-state index contributed by atoms with van der Waals surface area (Å²) in [5.41, 5.74) is 2.69. The van der Waals surface area contributed by atoms with E-state index in [9.17, 15) is 8.42 Å². The van der Waals surface area contributed by atoms with Crippen molar-refractivity contribution in [2.45, 2.75) is 44.1 Å². The molecular weight excluding hydrogens is 326 g/mol. The molecule has 2 heterocycles. The molecule has 0 saturated heterocycles. The lowest BCUT2D eigenvalue weighted by molar-refractivity contribution is 0.584. The van der Waals surface area contributed by atoms with Gasteiger partial charge in [-0.05, 0) is 18.6 Å². The van der Waals surface area contributed by atoms with Gasteiger partial charge < -0.3 is 5.32 Å². The first kappa shape index (κ1) is 16.6. The number of nitrogens with one attached hydrogen (secondary N) is 2. The molecule has 0 fully saturated rings. The van der Waals surface area contributed by atoms with Crippen LogP contribution in [0.3, 0.4) is 0 Å². The van der Waals surface area contributed by atoms with E-state index >= 15 is 0 Å². The van der Waals surface area contributed by atoms with Crippen LogP contribution in [0.2, 0.25) is 0 Å². The van der Waals surface area contributed by atoms with Crippen LogP contribution in [0.5, 0.6) is 0 Å². The summed E-state index contributed by atoms with van der Waals surface area (Å²) >= 11 is 2.75. The lowest BCUT2D eigenvalue weighted by Gasteiger charge is -2.06. The second kappa shape index (κ2) is 6.97. The van der Waals surface area contributed by atoms with Crippen molar-refractivity contribution in [2.75, 3.05) is 0 Å². The van der Waals surface area contributed by atoms with E-state index in [4.69, 9.17) is 0 Å². The summed E-state index contributed by atoms with van der Waals surface area (Å²) in [6, 6.07) is 2.10. The zero-order valence-corrected chi connectivity index (χ0v) is 14.7. The Morgan fingerprint density at radius 1 is 1.33 bits per heavy atom. The number of thiophene rings is 1. The maximum Gasteiger partial charge on any atom is 0.250 e. The fraction of sp³-hybridized carbons (Fsp3) is 0.462. The van der Waals surface area contributed by atoms with Gasteiger partial charge in [0.15, 0.2) is 0 Å². The third-order valence-electron chi connectivity index (χ3n) is 2.85. The Hall–Kier alpha value is -0.800. The minimum atomic E-state index is -3.46. The molecule has 0 aliphatic rings. The number of thiazole rings is 1. The van der Waals surface area contributed by atoms with Gasteiger partial charge in [0.25, 0.3) is 0 Å². The third kappa shape index (κ3) is 4.58. The highest BCUT2D eigenvalue weighted by Crippen LogP contribution is 2.26. The summed E-state index contributed by atoms with van der Waals surface area (Å²) in [6.45, 7) is 7.05. The molecule has 0 aromatic carbocycles. The molecule has 0 spiro atoms. The summed E-state index contributed by atoms with van der Waals surface area (Å²) in [5, 5.41) is 3.31. The van der Waals surface area contributed by atoms with Crippen molar-refractivity contribution in [1.82, 2.24) is 15.0 Å². The van der Waals surface area contributed by atoms with Gasteiger partial charge in [-0.25, -0.2) is 13.1 Å². The Labute approximate surface area is 133 Å². The van der Waals surface area contributed by atoms with Crippen LogP contribution >= 0.6 is 22.7 Å². The SMILES string of the molecule is Cc1cc(S(=O)(=O)NCc2cncs2)sc1CNC(C)C. The molecule has 0 unspecified atom stereocenters. The quantitative estimate of drug-likeness (QED) is 0.809. The van der Waals surface area contributed by atoms with Gasteiger partial charge in [0.2, 0.25) is 10.0 Å². The lowest BCUT2D eigenvalue weighted by Crippen LogP contribution is -2.22. The molecule has 2 aromatic heterocycles. The molecule has 0 saturated carbocycles. The van der Waals surface area contributed by atoms with Crippen LogP contribution in [0.15, 0.2) is 22.0 Å². The number of sulfonamides is 1. The van der Waals surface area contributed by atoms with Gasteiger partial charge in [-0.2, -0.15) is 0 Å². The van der Waals surface area contributed by atoms with Gasteiger partial charge in [-0.3, -0.25) is 4.98 Å². The van der Waals surface area contributed by atoms with E-state index in [1.54, 1.807) is 17.8 Å². The van der Waals surface area contributed by atoms with Crippen LogP contribution in [0.25, 0.3) is 0 Å². The van der Waals surface area contributed by atoms with Gasteiger partial charge >= 0.3 is 0 Å². The minimum Gasteiger partial charge on any atom is -0.310 e. The number of rotatable bonds is 7. The van der Waals surface area contributed by atoms with E-state index < -0.39 is 10.0 Å². The number of aromatic nitrogens is 1. The zero-order chi connectivity index (χ0) is 15.5. The molecule has 0 amide bonds. The highest BCUT2D eigenvalue weighted by atomic mass is 32.2. The standard InChI is InChI=1S/C13H19N3O2S3/c1-9(2)15-7-12-10(3)4-13(20-12)21(17,18)16-6-11-5-14-8-19-11/h4-5,8-9,15-16H,6-7H2,1-3H3. The van der Waals surface area contributed by atoms with E-state index in [1.165, 1.54) is 22.7 Å². The largest absolute Gasteiger partial charge is 0.310 e. The average molecular weight is 346 g/mol. The van der Waals surface area contributed by atoms with Crippen molar-refractivity contribution in [3.8, 4) is 0 Å². The maximum atomic E-state index is 12.3. The third-order valence-corrected chi connectivity index (χ3v) is 6.75. The van der Waals surface area contributed by atoms with Crippen LogP contribution in [0.4, 0.5) is 0 Å². The smallest absolute Gasteiger partial charge is 0.250 e. The fourth-order valence-electron chi connectivity index (χ4n) is 1.66. The van der Waals surface area contributed by atoms with Gasteiger partial charge in [0.1, 0.15) is 4.21 Å². The van der Waals surface area contributed by atoms with Crippen molar-refractivity contribution < 1.29 is 8.42 Å². The molecule has 0 atom stereocenters. The Balaban J connectivity index is 2.07. The first-order valence-corrected chi connectivity index (χ1v) is 9.76. The Morgan fingerprint density at radius 3 is 2.71 bits per heavy atom. The van der Waals surface area contributed by atoms with Crippen molar-refractivity contribution in [3.63, 3.8) is 0 Å². The molecule has 2 N–H and O–H groups in total. The molecule has 8 heteroatoms. The predicted octanol–water partition coefficient (Wildman–Crippen LogP) is 2.49. The number of nitrogens with zero attached hydrogens (tertiary/aromatic N) is 1. The topological polar surface area (TPSA) is 71.1 Å². The van der Waals surface area contributed by atoms with E-state index in [0.717, 1.165) is 15.3 Å². The van der Waals surface area contributed by atoms with Gasteiger partial charge in [0.05, 0.1) is 5.51 Å². The Bertz CT molecular complexity index is 676. The van der Waals surface area contributed by atoms with Gasteiger partial charge in [0, 0.05) is 35.1 Å². The van der Waals surface area contributed by atoms with E-state index in [-0.39, 0.29) is 6.54 Å². The second-order valence-corrected chi connectivity index (χ2v) is 9.10. The predicted molar refractivity (Wildman–Crippen MR) is 87.2 cm³/mol. The van der Waals surface area contributed by atoms with Crippen LogP contribution in [0.1, 0.15) is 29.2 Å². The number of hydrogen-bond acceptors (Lipinski definition) is 6. The molecule has 21 heavy (non-hydrogen) atoms. The summed E-state index contributed by atoms with van der Waals surface area (Å²) in [7, 11) is -3.46. The highest BCUT2D eigenvalue weighted by molar-refractivity contribution is 7.91. The zero-order valence-electron chi connectivity index (χ0n) is 12.2. The summed E-state index contributed by atoms with van der Waals surface area (Å²) in [5.74, 6) is 0. The lowest BCUT2D eigenvalue weighted by atomic mass is 10.3. The van der Waals surface area contributed by atoms with Crippen molar-refractivity contribution in [2.24, 2.45) is 0 Å². The average Bonchev–Trinajstić information content (AvgIpc) is 3.04. The number of hydrogen-bond donors (Lipinski definition) is 2. The Morgan fingerprint density at radius 2 is 2.10 bits per heavy atom. The van der Waals surface area contributed by atoms with Crippen LogP contribution in [0, 0.1) is 6.92 Å². The first-order chi connectivity index (χ1) is 9.88. The molecule has 2 aromatic rings. The summed E-state index contributed by atoms with van der Waals surface area (Å²) < 4.78 is 27.6. The number of aryl methyl sites for hydroxylation is 1. The maximum absolute atomic E-state index is 12.3. The van der Waals surface area contributed by atoms with Crippen LogP contribution in [-0.2, 0) is 23.1 Å². The van der Waals surface area contributed by atoms with E-state index in [2.05, 4.69) is 28.9 Å². The molecule has 0 aliphatic heterocycles. The molecule has 116 valence electrons. The first-order valence-electron chi connectivity index (χ1n) is 6.58. The van der Waals surface area contributed by atoms with Crippen LogP contribution < -0.4 is 10.0 Å². The molecule has 0 bridgehead atoms. The van der Waals surface area contributed by atoms with E-state index in [0.29, 0.717) is 16.8 Å². The van der Waals surface area contributed by atoms with Crippen molar-refractivity contribution in [3.05, 3.63) is 33.1 Å². The highest BCUT2D eigenvalue weighted by Gasteiger charge is 2.19. The normalized spacial score (nSPS) is 12.2. The molecule has 0 aliphatic carbocycles. The summed E-state index contributed by atoms with van der Waals surface area (Å²) in [6.07, 6.45) is 1.67. The minimum absolute atomic E-state index is 0.281. The molecule has 2 rings (SSSR count). The second-order valence-electron chi connectivity index (χ2n) is 5.00. The summed E-state index contributed by atoms with van der Waals surface area (Å²) in [4.78, 5) is 5.89. The molecular formula is C13H19N3O2S3. The fourth-order valence-corrected chi connectivity index (χ4v) is 4.88. The Kier molecular flexibility index (Phi) is 5.50. The van der Waals surface area contributed by atoms with Gasteiger partial charge in [-0.15, -0.1) is 22.7 Å². The van der Waals surface area contributed by atoms with Crippen LogP contribution in [-0.4, -0.2) is 19.4 Å². The molecule has 0 radical (unpaired) electrons. The van der Waals surface area contributed by atoms with Gasteiger partial charge in [-0.1, -0.05) is 13.8 Å². The molecule has 5 nitrogen and oxygen atoms in total. The van der Waals surface area contributed by atoms with Crippen molar-refractivity contribution in [1.29, 1.82) is 0 Å². The monoisotopic (exact) mass is 345 g/mol. The van der Waals surface area contributed by atoms with E-state index in [1.807, 2.05) is 6.92 Å². The van der Waals surface area contributed by atoms with Crippen molar-refractivity contribution >= 4 is 32.7 Å².